The highest BCUT2D eigenvalue weighted by Gasteiger charge is 2.25. The number of pyridine rings is 1. The predicted molar refractivity (Wildman–Crippen MR) is 110 cm³/mol. The van der Waals surface area contributed by atoms with Crippen molar-refractivity contribution < 1.29 is 4.79 Å². The van der Waals surface area contributed by atoms with Gasteiger partial charge in [0.25, 0.3) is 5.91 Å². The quantitative estimate of drug-likeness (QED) is 0.848. The molecule has 0 aliphatic carbocycles. The number of rotatable bonds is 2. The summed E-state index contributed by atoms with van der Waals surface area (Å²) < 4.78 is 0. The SMILES string of the molecule is Cl.Cl.O=C(c1cccc2c1CCCN2)N1CCN(c2ccccn2)CC1. The summed E-state index contributed by atoms with van der Waals surface area (Å²) >= 11 is 0. The molecule has 2 aliphatic heterocycles. The third-order valence-electron chi connectivity index (χ3n) is 4.87. The predicted octanol–water partition coefficient (Wildman–Crippen LogP) is 3.25. The first kappa shape index (κ1) is 20.3. The summed E-state index contributed by atoms with van der Waals surface area (Å²) in [6, 6.07) is 12.0. The fourth-order valence-electron chi connectivity index (χ4n) is 3.56. The Kier molecular flexibility index (Phi) is 7.12. The first-order valence-electron chi connectivity index (χ1n) is 8.64. The number of nitrogens with one attached hydrogen (secondary N) is 1. The van der Waals surface area contributed by atoms with Crippen molar-refractivity contribution in [3.05, 3.63) is 53.7 Å². The van der Waals surface area contributed by atoms with Crippen molar-refractivity contribution in [2.24, 2.45) is 0 Å². The normalized spacial score (nSPS) is 15.8. The van der Waals surface area contributed by atoms with Gasteiger partial charge in [-0.15, -0.1) is 24.8 Å². The molecule has 3 heterocycles. The summed E-state index contributed by atoms with van der Waals surface area (Å²) in [5, 5.41) is 3.40. The van der Waals surface area contributed by atoms with Crippen molar-refractivity contribution in [3.63, 3.8) is 0 Å². The van der Waals surface area contributed by atoms with Crippen LogP contribution in [0.3, 0.4) is 0 Å². The van der Waals surface area contributed by atoms with E-state index in [-0.39, 0.29) is 30.7 Å². The number of aromatic nitrogens is 1. The monoisotopic (exact) mass is 394 g/mol. The summed E-state index contributed by atoms with van der Waals surface area (Å²) in [5.41, 5.74) is 3.17. The fourth-order valence-corrected chi connectivity index (χ4v) is 3.56. The van der Waals surface area contributed by atoms with E-state index in [0.717, 1.165) is 62.6 Å². The van der Waals surface area contributed by atoms with E-state index in [9.17, 15) is 4.79 Å². The molecule has 2 aromatic rings. The number of fused-ring (bicyclic) bond motifs is 1. The molecule has 0 atom stereocenters. The van der Waals surface area contributed by atoms with Gasteiger partial charge in [0, 0.05) is 50.2 Å². The van der Waals surface area contributed by atoms with Crippen LogP contribution in [0, 0.1) is 0 Å². The van der Waals surface area contributed by atoms with E-state index in [1.165, 1.54) is 5.56 Å². The number of amides is 1. The van der Waals surface area contributed by atoms with E-state index in [2.05, 4.69) is 21.3 Å². The Morgan fingerprint density at radius 2 is 1.81 bits per heavy atom. The Balaban J connectivity index is 0.00000121. The van der Waals surface area contributed by atoms with Crippen LogP contribution in [0.5, 0.6) is 0 Å². The van der Waals surface area contributed by atoms with Gasteiger partial charge in [0.2, 0.25) is 0 Å². The van der Waals surface area contributed by atoms with Crippen LogP contribution in [-0.4, -0.2) is 48.5 Å². The molecule has 0 radical (unpaired) electrons. The molecule has 26 heavy (non-hydrogen) atoms. The van der Waals surface area contributed by atoms with Crippen LogP contribution in [0.25, 0.3) is 0 Å². The number of anilines is 2. The van der Waals surface area contributed by atoms with Crippen LogP contribution >= 0.6 is 24.8 Å². The standard InChI is InChI=1S/C19H22N4O.2ClH/c24-19(16-5-3-7-17-15(16)6-4-10-20-17)23-13-11-22(12-14-23)18-8-1-2-9-21-18;;/h1-3,5,7-9,20H,4,6,10-14H2;2*1H. The first-order valence-corrected chi connectivity index (χ1v) is 8.64. The van der Waals surface area contributed by atoms with Crippen LogP contribution in [0.2, 0.25) is 0 Å². The highest BCUT2D eigenvalue weighted by molar-refractivity contribution is 5.97. The van der Waals surface area contributed by atoms with Crippen molar-refractivity contribution in [3.8, 4) is 0 Å². The van der Waals surface area contributed by atoms with E-state index in [4.69, 9.17) is 0 Å². The van der Waals surface area contributed by atoms with E-state index in [0.29, 0.717) is 0 Å². The molecular weight excluding hydrogens is 371 g/mol. The minimum atomic E-state index is 0. The van der Waals surface area contributed by atoms with Crippen LogP contribution in [0.4, 0.5) is 11.5 Å². The van der Waals surface area contributed by atoms with Gasteiger partial charge in [0.15, 0.2) is 0 Å². The van der Waals surface area contributed by atoms with Gasteiger partial charge in [-0.2, -0.15) is 0 Å². The average Bonchev–Trinajstić information content (AvgIpc) is 2.68. The minimum absolute atomic E-state index is 0. The number of benzene rings is 1. The molecule has 140 valence electrons. The maximum Gasteiger partial charge on any atom is 0.254 e. The average molecular weight is 395 g/mol. The summed E-state index contributed by atoms with van der Waals surface area (Å²) in [6.45, 7) is 4.14. The maximum absolute atomic E-state index is 13.0. The molecule has 1 N–H and O–H groups in total. The Hall–Kier alpha value is -1.98. The summed E-state index contributed by atoms with van der Waals surface area (Å²) in [7, 11) is 0. The third-order valence-corrected chi connectivity index (χ3v) is 4.87. The number of halogens is 2. The molecule has 1 amide bonds. The Morgan fingerprint density at radius 1 is 1.00 bits per heavy atom. The number of piperazine rings is 1. The van der Waals surface area contributed by atoms with Gasteiger partial charge in [-0.1, -0.05) is 12.1 Å². The first-order chi connectivity index (χ1) is 11.8. The number of carbonyl (C=O) groups excluding carboxylic acids is 1. The number of hydrogen-bond acceptors (Lipinski definition) is 4. The molecule has 2 aliphatic rings. The molecule has 0 saturated carbocycles. The van der Waals surface area contributed by atoms with Gasteiger partial charge in [-0.05, 0) is 42.7 Å². The van der Waals surface area contributed by atoms with Gasteiger partial charge in [-0.3, -0.25) is 4.79 Å². The summed E-state index contributed by atoms with van der Waals surface area (Å²) in [6.07, 6.45) is 3.89. The van der Waals surface area contributed by atoms with Gasteiger partial charge in [-0.25, -0.2) is 4.98 Å². The van der Waals surface area contributed by atoms with Crippen molar-refractivity contribution in [1.82, 2.24) is 9.88 Å². The molecule has 0 spiro atoms. The van der Waals surface area contributed by atoms with Crippen molar-refractivity contribution >= 4 is 42.2 Å². The lowest BCUT2D eigenvalue weighted by molar-refractivity contribution is 0.0745. The van der Waals surface area contributed by atoms with Gasteiger partial charge >= 0.3 is 0 Å². The summed E-state index contributed by atoms with van der Waals surface area (Å²) in [5.74, 6) is 1.15. The molecule has 1 aromatic carbocycles. The molecule has 4 rings (SSSR count). The second-order valence-electron chi connectivity index (χ2n) is 6.33. The zero-order valence-corrected chi connectivity index (χ0v) is 16.2. The van der Waals surface area contributed by atoms with Gasteiger partial charge in [0.1, 0.15) is 5.82 Å². The lowest BCUT2D eigenvalue weighted by atomic mass is 9.96. The highest BCUT2D eigenvalue weighted by Crippen LogP contribution is 2.26. The second-order valence-corrected chi connectivity index (χ2v) is 6.33. The van der Waals surface area contributed by atoms with Crippen molar-refractivity contribution in [1.29, 1.82) is 0 Å². The lowest BCUT2D eigenvalue weighted by Gasteiger charge is -2.36. The van der Waals surface area contributed by atoms with Crippen molar-refractivity contribution in [2.45, 2.75) is 12.8 Å². The molecule has 1 aromatic heterocycles. The van der Waals surface area contributed by atoms with Gasteiger partial charge in [0.05, 0.1) is 0 Å². The zero-order chi connectivity index (χ0) is 16.4. The third kappa shape index (κ3) is 4.05. The van der Waals surface area contributed by atoms with E-state index >= 15 is 0 Å². The smallest absolute Gasteiger partial charge is 0.254 e. The molecule has 1 fully saturated rings. The Morgan fingerprint density at radius 3 is 2.54 bits per heavy atom. The molecule has 0 bridgehead atoms. The van der Waals surface area contributed by atoms with Crippen LogP contribution in [-0.2, 0) is 6.42 Å². The largest absolute Gasteiger partial charge is 0.385 e. The molecule has 5 nitrogen and oxygen atoms in total. The topological polar surface area (TPSA) is 48.5 Å². The minimum Gasteiger partial charge on any atom is -0.385 e. The number of carbonyl (C=O) groups is 1. The van der Waals surface area contributed by atoms with Crippen LogP contribution < -0.4 is 10.2 Å². The fraction of sp³-hybridized carbons (Fsp3) is 0.368. The zero-order valence-electron chi connectivity index (χ0n) is 14.6. The van der Waals surface area contributed by atoms with Gasteiger partial charge < -0.3 is 15.1 Å². The molecular formula is C19H24Cl2N4O. The van der Waals surface area contributed by atoms with E-state index in [1.807, 2.05) is 41.4 Å². The molecule has 7 heteroatoms. The van der Waals surface area contributed by atoms with E-state index in [1.54, 1.807) is 0 Å². The molecule has 0 unspecified atom stereocenters. The Bertz CT molecular complexity index is 734. The number of hydrogen-bond donors (Lipinski definition) is 1. The van der Waals surface area contributed by atoms with Crippen LogP contribution in [0.15, 0.2) is 42.6 Å². The summed E-state index contributed by atoms with van der Waals surface area (Å²) in [4.78, 5) is 21.6. The van der Waals surface area contributed by atoms with E-state index < -0.39 is 0 Å². The number of nitrogens with zero attached hydrogens (tertiary/aromatic N) is 3. The molecule has 1 saturated heterocycles. The lowest BCUT2D eigenvalue weighted by Crippen LogP contribution is -2.49. The Labute approximate surface area is 166 Å². The maximum atomic E-state index is 13.0. The highest BCUT2D eigenvalue weighted by atomic mass is 35.5. The van der Waals surface area contributed by atoms with Crippen LogP contribution in [0.1, 0.15) is 22.3 Å². The van der Waals surface area contributed by atoms with Crippen molar-refractivity contribution in [2.75, 3.05) is 42.9 Å². The second kappa shape index (κ2) is 9.10.